The van der Waals surface area contributed by atoms with Crippen LogP contribution in [0.5, 0.6) is 0 Å². The minimum absolute atomic E-state index is 1.33. The van der Waals surface area contributed by atoms with Gasteiger partial charge in [0.05, 0.1) is 0 Å². The Balaban J connectivity index is 1.83. The molecule has 0 fully saturated rings. The first-order valence-electron chi connectivity index (χ1n) is 17.5. The van der Waals surface area contributed by atoms with Gasteiger partial charge in [0.25, 0.3) is 0 Å². The van der Waals surface area contributed by atoms with Crippen molar-refractivity contribution in [2.24, 2.45) is 0 Å². The standard InChI is InChI=1S/C48H48/c1-25-17-21-37(33(9)29(25)5)43-44(38-22-18-26(2)30(6)34(38)10)46(40-24-20-28(4)32(8)36(40)12)48-42-16-14-13-15-41(42)47(48)45(43)39-23-19-27(3)31(7)35(39)11/h13-24H,1-12H3. The van der Waals surface area contributed by atoms with Crippen LogP contribution in [0.15, 0.2) is 72.8 Å². The van der Waals surface area contributed by atoms with Gasteiger partial charge in [-0.15, -0.1) is 0 Å². The van der Waals surface area contributed by atoms with E-state index in [1.165, 1.54) is 134 Å². The van der Waals surface area contributed by atoms with Gasteiger partial charge in [-0.25, -0.2) is 0 Å². The van der Waals surface area contributed by atoms with Gasteiger partial charge in [0.2, 0.25) is 0 Å². The van der Waals surface area contributed by atoms with Gasteiger partial charge in [0.1, 0.15) is 0 Å². The molecule has 0 heteroatoms. The molecule has 0 heterocycles. The lowest BCUT2D eigenvalue weighted by Gasteiger charge is -2.36. The van der Waals surface area contributed by atoms with Crippen molar-refractivity contribution in [1.82, 2.24) is 0 Å². The van der Waals surface area contributed by atoms with Crippen molar-refractivity contribution in [3.63, 3.8) is 0 Å². The Kier molecular flexibility index (Phi) is 7.63. The molecule has 0 saturated carbocycles. The maximum Gasteiger partial charge on any atom is -0.000730 e. The van der Waals surface area contributed by atoms with E-state index in [2.05, 4.69) is 156 Å². The highest BCUT2D eigenvalue weighted by Gasteiger charge is 2.37. The quantitative estimate of drug-likeness (QED) is 0.183. The molecule has 0 aliphatic heterocycles. The summed E-state index contributed by atoms with van der Waals surface area (Å²) in [5.41, 5.74) is 32.5. The minimum Gasteiger partial charge on any atom is -0.0616 e. The lowest BCUT2D eigenvalue weighted by molar-refractivity contribution is 1.25. The maximum atomic E-state index is 2.40. The average molecular weight is 625 g/mol. The van der Waals surface area contributed by atoms with Crippen molar-refractivity contribution in [3.8, 4) is 66.8 Å². The Bertz CT molecular complexity index is 2170. The zero-order valence-corrected chi connectivity index (χ0v) is 30.9. The summed E-state index contributed by atoms with van der Waals surface area (Å²) in [6.07, 6.45) is 0. The first kappa shape index (κ1) is 31.9. The fraction of sp³-hybridized carbons (Fsp3) is 0.250. The van der Waals surface area contributed by atoms with E-state index >= 15 is 0 Å². The second-order valence-corrected chi connectivity index (χ2v) is 14.5. The van der Waals surface area contributed by atoms with Gasteiger partial charge in [-0.05, 0) is 217 Å². The maximum absolute atomic E-state index is 2.40. The van der Waals surface area contributed by atoms with Crippen LogP contribution in [0.1, 0.15) is 66.8 Å². The van der Waals surface area contributed by atoms with E-state index in [1.807, 2.05) is 0 Å². The highest BCUT2D eigenvalue weighted by Crippen LogP contribution is 2.63. The molecule has 0 spiro atoms. The molecule has 0 radical (unpaired) electrons. The van der Waals surface area contributed by atoms with Gasteiger partial charge >= 0.3 is 0 Å². The molecule has 0 N–H and O–H groups in total. The Labute approximate surface area is 288 Å². The Morgan fingerprint density at radius 2 is 0.417 bits per heavy atom. The number of aryl methyl sites for hydroxylation is 4. The van der Waals surface area contributed by atoms with Gasteiger partial charge in [0.15, 0.2) is 0 Å². The van der Waals surface area contributed by atoms with Crippen LogP contribution in [-0.4, -0.2) is 0 Å². The Hall–Kier alpha value is -4.68. The molecule has 0 unspecified atom stereocenters. The summed E-state index contributed by atoms with van der Waals surface area (Å²) in [5, 5.41) is 0. The average Bonchev–Trinajstić information content (AvgIpc) is 3.06. The molecule has 7 rings (SSSR count). The number of hydrogen-bond donors (Lipinski definition) is 0. The summed E-state index contributed by atoms with van der Waals surface area (Å²) in [7, 11) is 0. The predicted octanol–water partition coefficient (Wildman–Crippen LogP) is 13.7. The number of hydrogen-bond acceptors (Lipinski definition) is 0. The van der Waals surface area contributed by atoms with Crippen molar-refractivity contribution in [3.05, 3.63) is 140 Å². The van der Waals surface area contributed by atoms with Crippen molar-refractivity contribution >= 4 is 0 Å². The lowest BCUT2D eigenvalue weighted by Crippen LogP contribution is -2.10. The monoisotopic (exact) mass is 624 g/mol. The van der Waals surface area contributed by atoms with E-state index in [9.17, 15) is 0 Å². The molecular weight excluding hydrogens is 577 g/mol. The molecule has 48 heavy (non-hydrogen) atoms. The third-order valence-corrected chi connectivity index (χ3v) is 12.3. The Morgan fingerprint density at radius 1 is 0.208 bits per heavy atom. The Morgan fingerprint density at radius 3 is 0.646 bits per heavy atom. The third-order valence-electron chi connectivity index (χ3n) is 12.3. The number of benzene rings is 6. The van der Waals surface area contributed by atoms with Crippen LogP contribution in [0.4, 0.5) is 0 Å². The van der Waals surface area contributed by atoms with E-state index < -0.39 is 0 Å². The normalized spacial score (nSPS) is 11.8. The van der Waals surface area contributed by atoms with Crippen molar-refractivity contribution in [2.45, 2.75) is 83.1 Å². The topological polar surface area (TPSA) is 0 Å². The molecule has 6 aromatic rings. The lowest BCUT2D eigenvalue weighted by atomic mass is 9.66. The molecule has 0 atom stereocenters. The van der Waals surface area contributed by atoms with Gasteiger partial charge < -0.3 is 0 Å². The minimum atomic E-state index is 1.33. The van der Waals surface area contributed by atoms with Crippen LogP contribution in [0.3, 0.4) is 0 Å². The van der Waals surface area contributed by atoms with Crippen LogP contribution in [-0.2, 0) is 0 Å². The van der Waals surface area contributed by atoms with Gasteiger partial charge in [0, 0.05) is 0 Å². The first-order chi connectivity index (χ1) is 22.8. The van der Waals surface area contributed by atoms with Crippen LogP contribution in [0, 0.1) is 83.1 Å². The predicted molar refractivity (Wildman–Crippen MR) is 209 cm³/mol. The molecular formula is C48H48. The summed E-state index contributed by atoms with van der Waals surface area (Å²) in [4.78, 5) is 0. The molecule has 0 amide bonds. The molecule has 0 nitrogen and oxygen atoms in total. The highest BCUT2D eigenvalue weighted by atomic mass is 14.4. The number of rotatable bonds is 4. The smallest absolute Gasteiger partial charge is 0.000730 e. The fourth-order valence-corrected chi connectivity index (χ4v) is 8.13. The van der Waals surface area contributed by atoms with E-state index in [1.54, 1.807) is 0 Å². The highest BCUT2D eigenvalue weighted by molar-refractivity contribution is 6.22. The molecule has 0 bridgehead atoms. The van der Waals surface area contributed by atoms with E-state index in [4.69, 9.17) is 0 Å². The van der Waals surface area contributed by atoms with Crippen molar-refractivity contribution in [1.29, 1.82) is 0 Å². The largest absolute Gasteiger partial charge is 0.0616 e. The molecule has 0 saturated heterocycles. The van der Waals surface area contributed by atoms with Crippen molar-refractivity contribution in [2.75, 3.05) is 0 Å². The summed E-state index contributed by atoms with van der Waals surface area (Å²) >= 11 is 0. The van der Waals surface area contributed by atoms with Crippen molar-refractivity contribution < 1.29 is 0 Å². The van der Waals surface area contributed by atoms with Gasteiger partial charge in [-0.2, -0.15) is 0 Å². The van der Waals surface area contributed by atoms with E-state index in [0.717, 1.165) is 0 Å². The first-order valence-corrected chi connectivity index (χ1v) is 17.5. The molecule has 1 aliphatic carbocycles. The molecule has 1 aliphatic rings. The van der Waals surface area contributed by atoms with E-state index in [-0.39, 0.29) is 0 Å². The SMILES string of the molecule is Cc1ccc(-c2c3c(c(-c4ccc(C)c(C)c4C)c(-c4ccc(C)c(C)c4C)c2-c2ccc(C)c(C)c2C)-c2ccccc2-3)c(C)c1C. The summed E-state index contributed by atoms with van der Waals surface area (Å²) in [6, 6.07) is 28.0. The molecule has 240 valence electrons. The molecule has 6 aromatic carbocycles. The van der Waals surface area contributed by atoms with Crippen LogP contribution in [0.2, 0.25) is 0 Å². The molecule has 0 aromatic heterocycles. The second-order valence-electron chi connectivity index (χ2n) is 14.5. The van der Waals surface area contributed by atoms with Gasteiger partial charge in [-0.3, -0.25) is 0 Å². The van der Waals surface area contributed by atoms with Crippen LogP contribution >= 0.6 is 0 Å². The second kappa shape index (κ2) is 11.5. The third kappa shape index (κ3) is 4.49. The zero-order valence-electron chi connectivity index (χ0n) is 30.9. The summed E-state index contributed by atoms with van der Waals surface area (Å²) < 4.78 is 0. The van der Waals surface area contributed by atoms with Crippen LogP contribution in [0.25, 0.3) is 66.8 Å². The fourth-order valence-electron chi connectivity index (χ4n) is 8.13. The van der Waals surface area contributed by atoms with Gasteiger partial charge in [-0.1, -0.05) is 72.8 Å². The van der Waals surface area contributed by atoms with Crippen LogP contribution < -0.4 is 0 Å². The summed E-state index contributed by atoms with van der Waals surface area (Å²) in [5.74, 6) is 0. The van der Waals surface area contributed by atoms with E-state index in [0.29, 0.717) is 0 Å². The number of fused-ring (bicyclic) bond motifs is 4. The summed E-state index contributed by atoms with van der Waals surface area (Å²) in [6.45, 7) is 27.4. The zero-order chi connectivity index (χ0) is 34.3.